The molecule has 1 aromatic heterocycles. The molecule has 0 saturated carbocycles. The first-order valence-corrected chi connectivity index (χ1v) is 15.4. The Kier molecular flexibility index (Phi) is 10.4. The van der Waals surface area contributed by atoms with E-state index in [0.717, 1.165) is 37.7 Å². The van der Waals surface area contributed by atoms with Crippen LogP contribution < -0.4 is 0 Å². The predicted octanol–water partition coefficient (Wildman–Crippen LogP) is 5.21. The fraction of sp³-hybridized carbons (Fsp3) is 0.567. The van der Waals surface area contributed by atoms with Gasteiger partial charge in [-0.2, -0.15) is 0 Å². The van der Waals surface area contributed by atoms with Gasteiger partial charge in [-0.1, -0.05) is 57.2 Å². The molecule has 2 heterocycles. The summed E-state index contributed by atoms with van der Waals surface area (Å²) >= 11 is 0. The molecule has 1 aliphatic heterocycles. The molecular formula is C30H42N2O4S. The number of sulfone groups is 1. The van der Waals surface area contributed by atoms with E-state index in [0.29, 0.717) is 32.2 Å². The number of carbonyl (C=O) groups excluding carboxylic acids is 2. The molecule has 2 atom stereocenters. The summed E-state index contributed by atoms with van der Waals surface area (Å²) < 4.78 is 27.5. The van der Waals surface area contributed by atoms with Gasteiger partial charge >= 0.3 is 0 Å². The Morgan fingerprint density at radius 2 is 1.68 bits per heavy atom. The van der Waals surface area contributed by atoms with Crippen molar-refractivity contribution < 1.29 is 18.0 Å². The Morgan fingerprint density at radius 1 is 1.03 bits per heavy atom. The van der Waals surface area contributed by atoms with Crippen molar-refractivity contribution in [2.45, 2.75) is 89.9 Å². The van der Waals surface area contributed by atoms with Crippen LogP contribution in [0.5, 0.6) is 0 Å². The molecule has 202 valence electrons. The van der Waals surface area contributed by atoms with Crippen LogP contribution in [-0.4, -0.2) is 53.6 Å². The van der Waals surface area contributed by atoms with E-state index in [1.54, 1.807) is 20.0 Å². The van der Waals surface area contributed by atoms with Gasteiger partial charge in [-0.05, 0) is 75.0 Å². The zero-order chi connectivity index (χ0) is 26.9. The van der Waals surface area contributed by atoms with Crippen molar-refractivity contribution in [3.63, 3.8) is 0 Å². The summed E-state index contributed by atoms with van der Waals surface area (Å²) in [6.07, 6.45) is 9.82. The number of hydrogen-bond donors (Lipinski definition) is 0. The van der Waals surface area contributed by atoms with Gasteiger partial charge < -0.3 is 4.90 Å². The van der Waals surface area contributed by atoms with Crippen molar-refractivity contribution in [2.24, 2.45) is 5.41 Å². The van der Waals surface area contributed by atoms with E-state index in [1.807, 2.05) is 43.5 Å². The van der Waals surface area contributed by atoms with Gasteiger partial charge in [0.2, 0.25) is 5.78 Å². The van der Waals surface area contributed by atoms with Crippen LogP contribution in [0.4, 0.5) is 0 Å². The van der Waals surface area contributed by atoms with Gasteiger partial charge in [-0.15, -0.1) is 0 Å². The molecule has 2 aromatic rings. The molecule has 0 bridgehead atoms. The minimum absolute atomic E-state index is 0.0680. The Labute approximate surface area is 222 Å². The minimum Gasteiger partial charge on any atom is -0.332 e. The van der Waals surface area contributed by atoms with Crippen LogP contribution in [0, 0.1) is 5.41 Å². The number of nitrogens with zero attached hydrogens (tertiary/aromatic N) is 2. The second-order valence-electron chi connectivity index (χ2n) is 10.9. The zero-order valence-electron chi connectivity index (χ0n) is 22.6. The number of amides is 1. The highest BCUT2D eigenvalue weighted by Gasteiger charge is 2.41. The highest BCUT2D eigenvalue weighted by atomic mass is 32.2. The highest BCUT2D eigenvalue weighted by molar-refractivity contribution is 7.92. The molecule has 6 nitrogen and oxygen atoms in total. The normalized spacial score (nSPS) is 17.1. The highest BCUT2D eigenvalue weighted by Crippen LogP contribution is 2.28. The maximum atomic E-state index is 13.7. The third kappa shape index (κ3) is 8.22. The Bertz CT molecular complexity index is 1070. The molecule has 0 aliphatic carbocycles. The minimum atomic E-state index is -3.47. The summed E-state index contributed by atoms with van der Waals surface area (Å²) in [6.45, 7) is 5.90. The first kappa shape index (κ1) is 29.0. The lowest BCUT2D eigenvalue weighted by Crippen LogP contribution is -2.47. The summed E-state index contributed by atoms with van der Waals surface area (Å²) in [7, 11) is -3.47. The van der Waals surface area contributed by atoms with Crippen molar-refractivity contribution in [2.75, 3.05) is 12.3 Å². The molecule has 1 fully saturated rings. The van der Waals surface area contributed by atoms with Crippen LogP contribution in [0.1, 0.15) is 76.8 Å². The maximum Gasteiger partial charge on any atom is 0.290 e. The van der Waals surface area contributed by atoms with Gasteiger partial charge in [-0.3, -0.25) is 14.6 Å². The molecule has 1 aromatic carbocycles. The van der Waals surface area contributed by atoms with E-state index in [4.69, 9.17) is 0 Å². The average molecular weight is 527 g/mol. The molecule has 0 radical (unpaired) electrons. The number of rotatable bonds is 14. The average Bonchev–Trinajstić information content (AvgIpc) is 3.35. The zero-order valence-corrected chi connectivity index (χ0v) is 23.4. The fourth-order valence-corrected chi connectivity index (χ4v) is 7.23. The molecule has 0 spiro atoms. The predicted molar refractivity (Wildman–Crippen MR) is 148 cm³/mol. The fourth-order valence-electron chi connectivity index (χ4n) is 5.02. The number of ketones is 1. The molecule has 1 saturated heterocycles. The van der Waals surface area contributed by atoms with E-state index in [2.05, 4.69) is 17.1 Å². The molecule has 0 N–H and O–H groups in total. The summed E-state index contributed by atoms with van der Waals surface area (Å²) in [6, 6.07) is 13.6. The Hall–Kier alpha value is -2.54. The van der Waals surface area contributed by atoms with Crippen LogP contribution in [0.3, 0.4) is 0 Å². The van der Waals surface area contributed by atoms with E-state index >= 15 is 0 Å². The molecule has 3 rings (SSSR count). The van der Waals surface area contributed by atoms with Crippen molar-refractivity contribution in [1.29, 1.82) is 0 Å². The number of hydrogen-bond acceptors (Lipinski definition) is 5. The molecule has 1 amide bonds. The van der Waals surface area contributed by atoms with E-state index < -0.39 is 38.2 Å². The second kappa shape index (κ2) is 13.3. The third-order valence-corrected chi connectivity index (χ3v) is 10.1. The summed E-state index contributed by atoms with van der Waals surface area (Å²) in [4.78, 5) is 31.6. The molecule has 7 heteroatoms. The van der Waals surface area contributed by atoms with Gasteiger partial charge in [0.1, 0.15) is 0 Å². The number of Topliss-reactive ketones (excluding diaryl/α,β-unsaturated/α-hetero) is 1. The summed E-state index contributed by atoms with van der Waals surface area (Å²) in [5.74, 6) is -1.02. The SMILES string of the molecule is CCC(C)(C)C(=O)C(=O)N1CCC[C@H]1CS(=O)(=O)[C@H](CCCc1ccccc1)CCCc1cccnc1. The van der Waals surface area contributed by atoms with Gasteiger partial charge in [0, 0.05) is 30.4 Å². The van der Waals surface area contributed by atoms with Crippen LogP contribution in [0.15, 0.2) is 54.9 Å². The van der Waals surface area contributed by atoms with Crippen LogP contribution in [0.2, 0.25) is 0 Å². The number of aromatic nitrogens is 1. The van der Waals surface area contributed by atoms with E-state index in [-0.39, 0.29) is 5.75 Å². The number of aryl methyl sites for hydroxylation is 2. The molecular weight excluding hydrogens is 484 g/mol. The summed E-state index contributed by atoms with van der Waals surface area (Å²) in [5.41, 5.74) is 1.57. The number of carbonyl (C=O) groups is 2. The van der Waals surface area contributed by atoms with E-state index in [1.165, 1.54) is 10.5 Å². The van der Waals surface area contributed by atoms with Gasteiger partial charge in [0.05, 0.1) is 11.0 Å². The van der Waals surface area contributed by atoms with Gasteiger partial charge in [0.15, 0.2) is 9.84 Å². The third-order valence-electron chi connectivity index (χ3n) is 7.81. The largest absolute Gasteiger partial charge is 0.332 e. The quantitative estimate of drug-likeness (QED) is 0.316. The van der Waals surface area contributed by atoms with Crippen molar-refractivity contribution in [3.8, 4) is 0 Å². The smallest absolute Gasteiger partial charge is 0.290 e. The molecule has 37 heavy (non-hydrogen) atoms. The monoisotopic (exact) mass is 526 g/mol. The molecule has 1 aliphatic rings. The number of benzene rings is 1. The van der Waals surface area contributed by atoms with Gasteiger partial charge in [-0.25, -0.2) is 8.42 Å². The van der Waals surface area contributed by atoms with Crippen LogP contribution in [0.25, 0.3) is 0 Å². The lowest BCUT2D eigenvalue weighted by Gasteiger charge is -2.29. The molecule has 0 unspecified atom stereocenters. The first-order chi connectivity index (χ1) is 17.6. The Morgan fingerprint density at radius 3 is 2.30 bits per heavy atom. The lowest BCUT2D eigenvalue weighted by atomic mass is 9.84. The lowest BCUT2D eigenvalue weighted by molar-refractivity contribution is -0.149. The second-order valence-corrected chi connectivity index (χ2v) is 13.3. The standard InChI is InChI=1S/C30H42N2O4S/c1-4-30(2,3)28(33)29(34)32-21-11-17-26(32)23-37(35,36)27(18-8-14-24-12-6-5-7-13-24)19-9-15-25-16-10-20-31-22-25/h5-7,10,12-13,16,20,22,26-27H,4,8-9,11,14-15,17-19,21,23H2,1-3H3/t26-,27+/m0/s1. The van der Waals surface area contributed by atoms with Crippen LogP contribution in [-0.2, 0) is 32.3 Å². The van der Waals surface area contributed by atoms with E-state index in [9.17, 15) is 18.0 Å². The van der Waals surface area contributed by atoms with Crippen molar-refractivity contribution in [1.82, 2.24) is 9.88 Å². The number of likely N-dealkylation sites (tertiary alicyclic amines) is 1. The number of pyridine rings is 1. The first-order valence-electron chi connectivity index (χ1n) is 13.6. The van der Waals surface area contributed by atoms with Crippen molar-refractivity contribution in [3.05, 3.63) is 66.0 Å². The Balaban J connectivity index is 1.68. The van der Waals surface area contributed by atoms with Crippen molar-refractivity contribution >= 4 is 21.5 Å². The van der Waals surface area contributed by atoms with Gasteiger partial charge in [0.25, 0.3) is 5.91 Å². The van der Waals surface area contributed by atoms with Crippen LogP contribution >= 0.6 is 0 Å². The topological polar surface area (TPSA) is 84.4 Å². The maximum absolute atomic E-state index is 13.7. The summed E-state index contributed by atoms with van der Waals surface area (Å²) in [5, 5.41) is -0.465.